The lowest BCUT2D eigenvalue weighted by atomic mass is 10.4. The van der Waals surface area contributed by atoms with Gasteiger partial charge in [-0.3, -0.25) is 9.35 Å². The van der Waals surface area contributed by atoms with Crippen molar-refractivity contribution in [1.82, 2.24) is 0 Å². The van der Waals surface area contributed by atoms with Gasteiger partial charge in [0.05, 0.1) is 5.41 Å². The van der Waals surface area contributed by atoms with E-state index in [1.807, 2.05) is 0 Å². The van der Waals surface area contributed by atoms with E-state index < -0.39 is 14.8 Å². The summed E-state index contributed by atoms with van der Waals surface area (Å²) in [5, 5.41) is 0.476. The summed E-state index contributed by atoms with van der Waals surface area (Å²) in [4.78, 5) is 10.3. The highest BCUT2D eigenvalue weighted by Gasteiger charge is 2.04. The van der Waals surface area contributed by atoms with Crippen molar-refractivity contribution < 1.29 is 17.8 Å². The average molecular weight is 229 g/mol. The first-order valence-electron chi connectivity index (χ1n) is 2.18. The number of hydrogen-bond acceptors (Lipinski definition) is 3. The van der Waals surface area contributed by atoms with Crippen molar-refractivity contribution in [3.05, 3.63) is 11.0 Å². The minimum Gasteiger partial charge on any atom is -0.282 e. The molecule has 0 aromatic heterocycles. The number of allylic oxidation sites excluding steroid dienone is 1. The van der Waals surface area contributed by atoms with E-state index in [2.05, 4.69) is 15.9 Å². The van der Waals surface area contributed by atoms with Gasteiger partial charge in [-0.25, -0.2) is 0 Å². The molecule has 0 aliphatic heterocycles. The summed E-state index contributed by atoms with van der Waals surface area (Å²) in [5.74, 6) is 0. The second kappa shape index (κ2) is 3.27. The van der Waals surface area contributed by atoms with Crippen molar-refractivity contribution in [2.75, 3.05) is 0 Å². The lowest BCUT2D eigenvalue weighted by Gasteiger charge is -1.88. The summed E-state index contributed by atoms with van der Waals surface area (Å²) in [6.07, 6.45) is 0. The molecule has 0 aliphatic carbocycles. The summed E-state index contributed by atoms with van der Waals surface area (Å²) >= 11 is 2.51. The van der Waals surface area contributed by atoms with Crippen LogP contribution in [-0.2, 0) is 14.9 Å². The lowest BCUT2D eigenvalue weighted by Crippen LogP contribution is -1.95. The van der Waals surface area contributed by atoms with Crippen molar-refractivity contribution in [1.29, 1.82) is 0 Å². The molecular weight excluding hydrogens is 224 g/mol. The molecule has 1 N–H and O–H groups in total. The van der Waals surface area contributed by atoms with Crippen LogP contribution in [0.15, 0.2) is 11.0 Å². The van der Waals surface area contributed by atoms with Gasteiger partial charge in [0.25, 0.3) is 10.1 Å². The molecular formula is C4H5BrO4S. The predicted octanol–water partition coefficient (Wildman–Crippen LogP) is 0.700. The SMILES string of the molecule is CC(=CS(=O)(=O)O)C(=O)Br. The fraction of sp³-hybridized carbons (Fsp3) is 0.250. The molecule has 0 atom stereocenters. The van der Waals surface area contributed by atoms with Crippen molar-refractivity contribution >= 4 is 30.7 Å². The normalized spacial score (nSPS) is 13.3. The molecule has 58 valence electrons. The third-order valence-electron chi connectivity index (χ3n) is 0.636. The highest BCUT2D eigenvalue weighted by molar-refractivity contribution is 9.18. The smallest absolute Gasteiger partial charge is 0.282 e. The molecule has 0 heterocycles. The Hall–Kier alpha value is -0.200. The Balaban J connectivity index is 4.66. The maximum Gasteiger partial charge on any atom is 0.288 e. The second-order valence-corrected chi connectivity index (χ2v) is 3.58. The van der Waals surface area contributed by atoms with Gasteiger partial charge in [-0.1, -0.05) is 0 Å². The number of hydrogen-bond donors (Lipinski definition) is 1. The van der Waals surface area contributed by atoms with E-state index in [-0.39, 0.29) is 5.57 Å². The minimum absolute atomic E-state index is 0.0671. The van der Waals surface area contributed by atoms with Crippen LogP contribution >= 0.6 is 15.9 Å². The van der Waals surface area contributed by atoms with Crippen molar-refractivity contribution in [2.45, 2.75) is 6.92 Å². The number of halogens is 1. The highest BCUT2D eigenvalue weighted by Crippen LogP contribution is 2.02. The Morgan fingerprint density at radius 2 is 2.00 bits per heavy atom. The topological polar surface area (TPSA) is 71.4 Å². The molecule has 4 nitrogen and oxygen atoms in total. The molecule has 0 aliphatic rings. The van der Waals surface area contributed by atoms with Gasteiger partial charge in [-0.2, -0.15) is 8.42 Å². The van der Waals surface area contributed by atoms with Crippen molar-refractivity contribution in [2.24, 2.45) is 0 Å². The monoisotopic (exact) mass is 228 g/mol. The zero-order chi connectivity index (χ0) is 8.36. The Bertz CT molecular complexity index is 263. The molecule has 0 bridgehead atoms. The van der Waals surface area contributed by atoms with Crippen LogP contribution in [0.4, 0.5) is 0 Å². The summed E-state index contributed by atoms with van der Waals surface area (Å²) in [6, 6.07) is 0. The summed E-state index contributed by atoms with van der Waals surface area (Å²) in [5.41, 5.74) is -0.0671. The van der Waals surface area contributed by atoms with Gasteiger partial charge in [0.15, 0.2) is 0 Å². The van der Waals surface area contributed by atoms with Crippen LogP contribution in [0.1, 0.15) is 6.92 Å². The van der Waals surface area contributed by atoms with E-state index in [0.717, 1.165) is 0 Å². The Labute approximate surface area is 66.8 Å². The van der Waals surface area contributed by atoms with E-state index in [4.69, 9.17) is 4.55 Å². The van der Waals surface area contributed by atoms with Gasteiger partial charge >= 0.3 is 0 Å². The Morgan fingerprint density at radius 1 is 1.60 bits per heavy atom. The van der Waals surface area contributed by atoms with E-state index in [1.54, 1.807) is 0 Å². The molecule has 0 amide bonds. The maximum absolute atomic E-state index is 10.3. The average Bonchev–Trinajstić information content (AvgIpc) is 1.60. The summed E-state index contributed by atoms with van der Waals surface area (Å²) < 4.78 is 27.7. The zero-order valence-corrected chi connectivity index (χ0v) is 7.44. The minimum atomic E-state index is -4.18. The van der Waals surface area contributed by atoms with E-state index in [1.165, 1.54) is 6.92 Å². The molecule has 0 unspecified atom stereocenters. The van der Waals surface area contributed by atoms with Gasteiger partial charge < -0.3 is 0 Å². The first-order valence-corrected chi connectivity index (χ1v) is 4.48. The quantitative estimate of drug-likeness (QED) is 0.429. The molecule has 0 aromatic rings. The first-order chi connectivity index (χ1) is 4.33. The maximum atomic E-state index is 10.3. The molecule has 10 heavy (non-hydrogen) atoms. The van der Waals surface area contributed by atoms with Crippen LogP contribution in [0, 0.1) is 0 Å². The van der Waals surface area contributed by atoms with E-state index in [9.17, 15) is 13.2 Å². The van der Waals surface area contributed by atoms with Gasteiger partial charge in [0, 0.05) is 5.57 Å². The third-order valence-corrected chi connectivity index (χ3v) is 1.91. The molecule has 0 radical (unpaired) electrons. The highest BCUT2D eigenvalue weighted by atomic mass is 79.9. The Kier molecular flexibility index (Phi) is 3.20. The van der Waals surface area contributed by atoms with Crippen LogP contribution in [0.5, 0.6) is 0 Å². The van der Waals surface area contributed by atoms with Gasteiger partial charge in [-0.05, 0) is 22.9 Å². The second-order valence-electron chi connectivity index (χ2n) is 1.59. The largest absolute Gasteiger partial charge is 0.288 e. The van der Waals surface area contributed by atoms with Crippen LogP contribution in [0.3, 0.4) is 0 Å². The zero-order valence-electron chi connectivity index (χ0n) is 5.04. The molecule has 0 spiro atoms. The lowest BCUT2D eigenvalue weighted by molar-refractivity contribution is -0.107. The number of carbonyl (C=O) groups excluding carboxylic acids is 1. The summed E-state index contributed by atoms with van der Waals surface area (Å²) in [6.45, 7) is 1.27. The third kappa shape index (κ3) is 4.66. The van der Waals surface area contributed by atoms with Gasteiger partial charge in [-0.15, -0.1) is 0 Å². The first kappa shape index (κ1) is 9.80. The fourth-order valence-corrected chi connectivity index (χ4v) is 1.09. The number of carbonyl (C=O) groups is 1. The van der Waals surface area contributed by atoms with Crippen molar-refractivity contribution in [3.8, 4) is 0 Å². The van der Waals surface area contributed by atoms with Crippen LogP contribution in [0.25, 0.3) is 0 Å². The number of rotatable bonds is 2. The molecule has 0 saturated heterocycles. The fourth-order valence-electron chi connectivity index (χ4n) is 0.270. The van der Waals surface area contributed by atoms with Crippen LogP contribution in [0.2, 0.25) is 0 Å². The van der Waals surface area contributed by atoms with Crippen molar-refractivity contribution in [3.63, 3.8) is 0 Å². The standard InChI is InChI=1S/C4H5BrO4S/c1-3(4(5)6)2-10(7,8)9/h2H,1H3,(H,7,8,9). The van der Waals surface area contributed by atoms with Crippen LogP contribution < -0.4 is 0 Å². The molecule has 0 fully saturated rings. The van der Waals surface area contributed by atoms with Crippen LogP contribution in [-0.4, -0.2) is 17.7 Å². The predicted molar refractivity (Wildman–Crippen MR) is 39.2 cm³/mol. The molecule has 0 rings (SSSR count). The van der Waals surface area contributed by atoms with Gasteiger partial charge in [0.2, 0.25) is 4.69 Å². The Morgan fingerprint density at radius 3 is 2.10 bits per heavy atom. The van der Waals surface area contributed by atoms with Gasteiger partial charge in [0.1, 0.15) is 0 Å². The molecule has 6 heteroatoms. The summed E-state index contributed by atoms with van der Waals surface area (Å²) in [7, 11) is -4.18. The molecule has 0 aromatic carbocycles. The van der Waals surface area contributed by atoms with E-state index >= 15 is 0 Å². The molecule has 0 saturated carbocycles. The van der Waals surface area contributed by atoms with E-state index in [0.29, 0.717) is 5.41 Å².